The molecule has 0 unspecified atom stereocenters. The van der Waals surface area contributed by atoms with Gasteiger partial charge in [-0.1, -0.05) is 6.07 Å². The number of thiazole rings is 1. The zero-order valence-corrected chi connectivity index (χ0v) is 15.7. The highest BCUT2D eigenvalue weighted by Gasteiger charge is 2.28. The monoisotopic (exact) mass is 395 g/mol. The van der Waals surface area contributed by atoms with Crippen LogP contribution in [0.2, 0.25) is 0 Å². The smallest absolute Gasteiger partial charge is 0.390 e. The van der Waals surface area contributed by atoms with Crippen molar-refractivity contribution in [3.63, 3.8) is 0 Å². The number of rotatable bonds is 8. The van der Waals surface area contributed by atoms with Crippen LogP contribution in [0.25, 0.3) is 10.9 Å². The van der Waals surface area contributed by atoms with E-state index in [1.807, 2.05) is 37.3 Å². The molecule has 27 heavy (non-hydrogen) atoms. The van der Waals surface area contributed by atoms with Crippen LogP contribution in [-0.2, 0) is 13.1 Å². The van der Waals surface area contributed by atoms with Crippen molar-refractivity contribution >= 4 is 22.2 Å². The van der Waals surface area contributed by atoms with Crippen LogP contribution in [0.5, 0.6) is 5.75 Å². The van der Waals surface area contributed by atoms with E-state index in [1.165, 1.54) is 11.3 Å². The zero-order chi connectivity index (χ0) is 19.3. The summed E-state index contributed by atoms with van der Waals surface area (Å²) in [6.07, 6.45) is -3.34. The number of hydrogen-bond donors (Lipinski definition) is 0. The van der Waals surface area contributed by atoms with Gasteiger partial charge < -0.3 is 4.74 Å². The highest BCUT2D eigenvalue weighted by atomic mass is 32.1. The van der Waals surface area contributed by atoms with E-state index in [0.29, 0.717) is 19.7 Å². The van der Waals surface area contributed by atoms with E-state index in [2.05, 4.69) is 9.97 Å². The first kappa shape index (κ1) is 19.6. The molecule has 1 aromatic carbocycles. The maximum atomic E-state index is 12.7. The van der Waals surface area contributed by atoms with E-state index >= 15 is 0 Å². The molecule has 0 saturated heterocycles. The summed E-state index contributed by atoms with van der Waals surface area (Å²) in [4.78, 5) is 11.3. The summed E-state index contributed by atoms with van der Waals surface area (Å²) >= 11 is 1.44. The highest BCUT2D eigenvalue weighted by Crippen LogP contribution is 2.23. The lowest BCUT2D eigenvalue weighted by atomic mass is 10.2. The molecule has 0 spiro atoms. The van der Waals surface area contributed by atoms with Gasteiger partial charge >= 0.3 is 6.18 Å². The number of hydrogen-bond acceptors (Lipinski definition) is 5. The molecule has 4 nitrogen and oxygen atoms in total. The van der Waals surface area contributed by atoms with Gasteiger partial charge in [0.15, 0.2) is 0 Å². The lowest BCUT2D eigenvalue weighted by Crippen LogP contribution is -2.27. The lowest BCUT2D eigenvalue weighted by molar-refractivity contribution is -0.138. The average molecular weight is 395 g/mol. The molecule has 0 N–H and O–H groups in total. The molecule has 3 aromatic rings. The summed E-state index contributed by atoms with van der Waals surface area (Å²) in [7, 11) is 0. The summed E-state index contributed by atoms with van der Waals surface area (Å²) in [6, 6.07) is 9.41. The molecular formula is C19H20F3N3OS. The third-order valence-corrected chi connectivity index (χ3v) is 4.75. The van der Waals surface area contributed by atoms with Crippen molar-refractivity contribution in [1.82, 2.24) is 14.9 Å². The maximum absolute atomic E-state index is 12.7. The Morgan fingerprint density at radius 1 is 1.15 bits per heavy atom. The first-order chi connectivity index (χ1) is 12.9. The summed E-state index contributed by atoms with van der Waals surface area (Å²) in [6.45, 7) is 3.19. The molecule has 2 heterocycles. The molecule has 0 bridgehead atoms. The van der Waals surface area contributed by atoms with Crippen LogP contribution in [0, 0.1) is 0 Å². The Bertz CT molecular complexity index is 868. The van der Waals surface area contributed by atoms with Gasteiger partial charge in [-0.2, -0.15) is 13.2 Å². The second-order valence-corrected chi connectivity index (χ2v) is 7.10. The summed E-state index contributed by atoms with van der Waals surface area (Å²) in [5, 5.41) is 0.939. The Balaban J connectivity index is 1.75. The van der Waals surface area contributed by atoms with Crippen LogP contribution in [0.3, 0.4) is 0 Å². The van der Waals surface area contributed by atoms with Gasteiger partial charge in [-0.25, -0.2) is 0 Å². The lowest BCUT2D eigenvalue weighted by Gasteiger charge is -2.22. The number of fused-ring (bicyclic) bond motifs is 1. The van der Waals surface area contributed by atoms with Gasteiger partial charge in [0, 0.05) is 36.1 Å². The summed E-state index contributed by atoms with van der Waals surface area (Å²) in [5.74, 6) is 0.775. The van der Waals surface area contributed by atoms with Gasteiger partial charge in [-0.15, -0.1) is 11.3 Å². The molecule has 0 saturated carbocycles. The van der Waals surface area contributed by atoms with E-state index in [1.54, 1.807) is 16.6 Å². The second kappa shape index (κ2) is 8.67. The number of benzene rings is 1. The fraction of sp³-hybridized carbons (Fsp3) is 0.368. The SMILES string of the molecule is CCOc1ccc2nc(CN(CCC(F)(F)F)Cc3cncs3)ccc2c1. The third-order valence-electron chi connectivity index (χ3n) is 3.99. The predicted molar refractivity (Wildman–Crippen MR) is 99.8 cm³/mol. The van der Waals surface area contributed by atoms with E-state index in [4.69, 9.17) is 4.74 Å². The Morgan fingerprint density at radius 2 is 2.00 bits per heavy atom. The molecule has 0 aliphatic heterocycles. The van der Waals surface area contributed by atoms with Gasteiger partial charge in [0.25, 0.3) is 0 Å². The molecule has 0 radical (unpaired) electrons. The van der Waals surface area contributed by atoms with Gasteiger partial charge in [-0.3, -0.25) is 14.9 Å². The van der Waals surface area contributed by atoms with Crippen molar-refractivity contribution in [2.45, 2.75) is 32.6 Å². The minimum atomic E-state index is -4.18. The number of alkyl halides is 3. The molecule has 2 aromatic heterocycles. The van der Waals surface area contributed by atoms with Crippen LogP contribution >= 0.6 is 11.3 Å². The molecule has 0 fully saturated rings. The van der Waals surface area contributed by atoms with Crippen LogP contribution in [0.1, 0.15) is 23.9 Å². The first-order valence-corrected chi connectivity index (χ1v) is 9.50. The number of pyridine rings is 1. The van der Waals surface area contributed by atoms with Crippen molar-refractivity contribution < 1.29 is 17.9 Å². The molecular weight excluding hydrogens is 375 g/mol. The van der Waals surface area contributed by atoms with E-state index in [0.717, 1.165) is 27.2 Å². The minimum absolute atomic E-state index is 0.0790. The fourth-order valence-electron chi connectivity index (χ4n) is 2.76. The fourth-order valence-corrected chi connectivity index (χ4v) is 3.39. The normalized spacial score (nSPS) is 12.0. The quantitative estimate of drug-likeness (QED) is 0.535. The van der Waals surface area contributed by atoms with Crippen molar-refractivity contribution in [2.75, 3.05) is 13.2 Å². The Hall–Kier alpha value is -2.19. The Morgan fingerprint density at radius 3 is 2.70 bits per heavy atom. The second-order valence-electron chi connectivity index (χ2n) is 6.13. The van der Waals surface area contributed by atoms with Crippen LogP contribution in [0.4, 0.5) is 13.2 Å². The molecule has 0 atom stereocenters. The number of ether oxygens (including phenoxy) is 1. The summed E-state index contributed by atoms with van der Waals surface area (Å²) in [5.41, 5.74) is 3.21. The first-order valence-electron chi connectivity index (χ1n) is 8.62. The maximum Gasteiger partial charge on any atom is 0.390 e. The third kappa shape index (κ3) is 5.90. The van der Waals surface area contributed by atoms with Crippen LogP contribution < -0.4 is 4.74 Å². The Labute approximate surface area is 159 Å². The predicted octanol–water partition coefficient (Wildman–Crippen LogP) is 5.04. The topological polar surface area (TPSA) is 38.2 Å². The van der Waals surface area contributed by atoms with Crippen molar-refractivity contribution in [3.8, 4) is 5.75 Å². The van der Waals surface area contributed by atoms with Crippen molar-refractivity contribution in [1.29, 1.82) is 0 Å². The largest absolute Gasteiger partial charge is 0.494 e. The Kier molecular flexibility index (Phi) is 6.28. The standard InChI is InChI=1S/C19H20F3N3OS/c1-2-26-16-5-6-18-14(9-16)3-4-15(24-18)11-25(8-7-19(20,21)22)12-17-10-23-13-27-17/h3-6,9-10,13H,2,7-8,11-12H2,1H3. The van der Waals surface area contributed by atoms with Gasteiger partial charge in [0.1, 0.15) is 5.75 Å². The molecule has 3 rings (SSSR count). The van der Waals surface area contributed by atoms with Crippen LogP contribution in [-0.4, -0.2) is 34.2 Å². The van der Waals surface area contributed by atoms with E-state index in [-0.39, 0.29) is 6.54 Å². The molecule has 0 aliphatic carbocycles. The molecule has 0 aliphatic rings. The van der Waals surface area contributed by atoms with Gasteiger partial charge in [-0.05, 0) is 31.2 Å². The summed E-state index contributed by atoms with van der Waals surface area (Å²) < 4.78 is 43.5. The number of halogens is 3. The number of nitrogens with zero attached hydrogens (tertiary/aromatic N) is 3. The van der Waals surface area contributed by atoms with E-state index < -0.39 is 12.6 Å². The van der Waals surface area contributed by atoms with E-state index in [9.17, 15) is 13.2 Å². The molecule has 0 amide bonds. The number of aromatic nitrogens is 2. The molecule has 8 heteroatoms. The van der Waals surface area contributed by atoms with Gasteiger partial charge in [0.2, 0.25) is 0 Å². The van der Waals surface area contributed by atoms with Crippen molar-refractivity contribution in [3.05, 3.63) is 52.6 Å². The minimum Gasteiger partial charge on any atom is -0.494 e. The van der Waals surface area contributed by atoms with Crippen molar-refractivity contribution in [2.24, 2.45) is 0 Å². The highest BCUT2D eigenvalue weighted by molar-refractivity contribution is 7.09. The van der Waals surface area contributed by atoms with Gasteiger partial charge in [0.05, 0.1) is 29.7 Å². The zero-order valence-electron chi connectivity index (χ0n) is 14.9. The molecule has 144 valence electrons. The average Bonchev–Trinajstić information content (AvgIpc) is 3.12. The van der Waals surface area contributed by atoms with Crippen LogP contribution in [0.15, 0.2) is 42.0 Å².